The predicted molar refractivity (Wildman–Crippen MR) is 104 cm³/mol. The molecule has 1 aromatic rings. The van der Waals surface area contributed by atoms with Crippen molar-refractivity contribution in [2.45, 2.75) is 24.7 Å². The highest BCUT2D eigenvalue weighted by molar-refractivity contribution is 7.89. The van der Waals surface area contributed by atoms with E-state index in [2.05, 4.69) is 24.0 Å². The number of allylic oxidation sites excluding steroid dienone is 2. The second-order valence-corrected chi connectivity index (χ2v) is 9.45. The summed E-state index contributed by atoms with van der Waals surface area (Å²) >= 11 is 0. The molecule has 3 rings (SSSR count). The van der Waals surface area contributed by atoms with Crippen LogP contribution < -0.4 is 0 Å². The number of hydrogen-bond acceptors (Lipinski definition) is 5. The standard InChI is InChI=1S/C20H28N2O4S/c1-16-6-3-4-7-18(16)15-26-20(23)17-8-5-9-19(14-17)27(24,25)22-12-10-21(2)11-13-22/h3-5,8-9,14,16,18H,6-7,10-13,15H2,1-2H3. The monoisotopic (exact) mass is 392 g/mol. The summed E-state index contributed by atoms with van der Waals surface area (Å²) in [7, 11) is -1.62. The zero-order chi connectivity index (χ0) is 19.4. The van der Waals surface area contributed by atoms with Gasteiger partial charge in [0.2, 0.25) is 10.0 Å². The van der Waals surface area contributed by atoms with E-state index in [9.17, 15) is 13.2 Å². The number of rotatable bonds is 5. The average Bonchev–Trinajstić information content (AvgIpc) is 2.67. The Kier molecular flexibility index (Phi) is 6.34. The second kappa shape index (κ2) is 8.54. The zero-order valence-corrected chi connectivity index (χ0v) is 16.8. The van der Waals surface area contributed by atoms with Gasteiger partial charge in [-0.3, -0.25) is 0 Å². The van der Waals surface area contributed by atoms with E-state index in [1.165, 1.54) is 10.4 Å². The largest absolute Gasteiger partial charge is 0.462 e. The first-order valence-electron chi connectivity index (χ1n) is 9.49. The molecule has 0 bridgehead atoms. The van der Waals surface area contributed by atoms with Crippen molar-refractivity contribution in [3.8, 4) is 0 Å². The molecular weight excluding hydrogens is 364 g/mol. The van der Waals surface area contributed by atoms with Crippen LogP contribution in [0.5, 0.6) is 0 Å². The van der Waals surface area contributed by atoms with E-state index in [-0.39, 0.29) is 10.5 Å². The smallest absolute Gasteiger partial charge is 0.338 e. The second-order valence-electron chi connectivity index (χ2n) is 7.51. The molecule has 2 atom stereocenters. The molecule has 0 spiro atoms. The lowest BCUT2D eigenvalue weighted by molar-refractivity contribution is 0.0395. The van der Waals surface area contributed by atoms with Gasteiger partial charge in [-0.1, -0.05) is 25.1 Å². The Morgan fingerprint density at radius 2 is 1.85 bits per heavy atom. The number of nitrogens with zero attached hydrogens (tertiary/aromatic N) is 2. The number of carbonyl (C=O) groups is 1. The molecule has 1 heterocycles. The first-order valence-corrected chi connectivity index (χ1v) is 10.9. The molecule has 7 heteroatoms. The van der Waals surface area contributed by atoms with Crippen molar-refractivity contribution in [1.29, 1.82) is 0 Å². The van der Waals surface area contributed by atoms with Gasteiger partial charge in [0.25, 0.3) is 0 Å². The zero-order valence-electron chi connectivity index (χ0n) is 16.0. The number of benzene rings is 1. The third-order valence-electron chi connectivity index (χ3n) is 5.52. The number of piperazine rings is 1. The first-order chi connectivity index (χ1) is 12.9. The molecule has 27 heavy (non-hydrogen) atoms. The van der Waals surface area contributed by atoms with E-state index in [1.54, 1.807) is 18.2 Å². The van der Waals surface area contributed by atoms with Crippen molar-refractivity contribution in [2.75, 3.05) is 39.8 Å². The van der Waals surface area contributed by atoms with E-state index in [1.807, 2.05) is 7.05 Å². The van der Waals surface area contributed by atoms with Gasteiger partial charge in [-0.05, 0) is 49.9 Å². The molecule has 0 radical (unpaired) electrons. The Balaban J connectivity index is 1.67. The Bertz CT molecular complexity index is 798. The number of esters is 1. The number of carbonyl (C=O) groups excluding carboxylic acids is 1. The summed E-state index contributed by atoms with van der Waals surface area (Å²) in [5.74, 6) is 0.329. The molecule has 0 amide bonds. The van der Waals surface area contributed by atoms with E-state index in [4.69, 9.17) is 4.74 Å². The highest BCUT2D eigenvalue weighted by atomic mass is 32.2. The van der Waals surface area contributed by atoms with Gasteiger partial charge >= 0.3 is 5.97 Å². The molecule has 2 aliphatic rings. The van der Waals surface area contributed by atoms with Gasteiger partial charge in [0.05, 0.1) is 17.1 Å². The molecule has 0 aromatic heterocycles. The maximum atomic E-state index is 12.9. The number of sulfonamides is 1. The van der Waals surface area contributed by atoms with Gasteiger partial charge in [0.1, 0.15) is 0 Å². The van der Waals surface area contributed by atoms with E-state index < -0.39 is 16.0 Å². The van der Waals surface area contributed by atoms with Crippen LogP contribution in [0, 0.1) is 11.8 Å². The van der Waals surface area contributed by atoms with Crippen molar-refractivity contribution >= 4 is 16.0 Å². The molecule has 1 aromatic carbocycles. The number of hydrogen-bond donors (Lipinski definition) is 0. The molecular formula is C20H28N2O4S. The number of ether oxygens (including phenoxy) is 1. The fourth-order valence-corrected chi connectivity index (χ4v) is 4.93. The van der Waals surface area contributed by atoms with E-state index >= 15 is 0 Å². The van der Waals surface area contributed by atoms with Crippen molar-refractivity contribution in [2.24, 2.45) is 11.8 Å². The summed E-state index contributed by atoms with van der Waals surface area (Å²) in [6, 6.07) is 6.18. The Labute approximate surface area is 161 Å². The third kappa shape index (κ3) is 4.78. The van der Waals surface area contributed by atoms with E-state index in [0.717, 1.165) is 12.8 Å². The van der Waals surface area contributed by atoms with Crippen molar-refractivity contribution in [3.05, 3.63) is 42.0 Å². The van der Waals surface area contributed by atoms with Gasteiger partial charge in [-0.2, -0.15) is 4.31 Å². The molecule has 0 saturated carbocycles. The molecule has 1 saturated heterocycles. The van der Waals surface area contributed by atoms with Crippen LogP contribution in [0.15, 0.2) is 41.3 Å². The molecule has 2 unspecified atom stereocenters. The maximum Gasteiger partial charge on any atom is 0.338 e. The predicted octanol–water partition coefficient (Wildman–Crippen LogP) is 2.38. The maximum absolute atomic E-state index is 12.9. The van der Waals surface area contributed by atoms with Gasteiger partial charge in [0.15, 0.2) is 0 Å². The molecule has 1 aliphatic heterocycles. The van der Waals surface area contributed by atoms with Gasteiger partial charge in [-0.25, -0.2) is 13.2 Å². The van der Waals surface area contributed by atoms with Crippen molar-refractivity contribution in [3.63, 3.8) is 0 Å². The summed E-state index contributed by atoms with van der Waals surface area (Å²) in [4.78, 5) is 14.7. The van der Waals surface area contributed by atoms with Crippen LogP contribution in [0.2, 0.25) is 0 Å². The van der Waals surface area contributed by atoms with Crippen LogP contribution in [-0.2, 0) is 14.8 Å². The van der Waals surface area contributed by atoms with Crippen LogP contribution in [0.3, 0.4) is 0 Å². The Morgan fingerprint density at radius 1 is 1.15 bits per heavy atom. The van der Waals surface area contributed by atoms with Gasteiger partial charge in [0, 0.05) is 26.2 Å². The normalized spacial score (nSPS) is 24.7. The lowest BCUT2D eigenvalue weighted by atomic mass is 9.85. The average molecular weight is 393 g/mol. The minimum Gasteiger partial charge on any atom is -0.462 e. The molecule has 148 valence electrons. The van der Waals surface area contributed by atoms with Crippen LogP contribution in [0.25, 0.3) is 0 Å². The fraction of sp³-hybridized carbons (Fsp3) is 0.550. The lowest BCUT2D eigenvalue weighted by Crippen LogP contribution is -2.47. The summed E-state index contributed by atoms with van der Waals surface area (Å²) in [5, 5.41) is 0. The molecule has 0 N–H and O–H groups in total. The van der Waals surface area contributed by atoms with Gasteiger partial charge in [-0.15, -0.1) is 0 Å². The van der Waals surface area contributed by atoms with Crippen LogP contribution >= 0.6 is 0 Å². The summed E-state index contributed by atoms with van der Waals surface area (Å²) < 4.78 is 32.7. The third-order valence-corrected chi connectivity index (χ3v) is 7.41. The van der Waals surface area contributed by atoms with Crippen LogP contribution in [-0.4, -0.2) is 63.4 Å². The lowest BCUT2D eigenvalue weighted by Gasteiger charge is -2.31. The molecule has 1 aliphatic carbocycles. The fourth-order valence-electron chi connectivity index (χ4n) is 3.47. The minimum absolute atomic E-state index is 0.149. The number of likely N-dealkylation sites (N-methyl/N-ethyl adjacent to an activating group) is 1. The first kappa shape index (κ1) is 20.0. The topological polar surface area (TPSA) is 66.9 Å². The SMILES string of the molecule is CC1CC=CCC1COC(=O)c1cccc(S(=O)(=O)N2CCN(C)CC2)c1. The molecule has 1 fully saturated rings. The summed E-state index contributed by atoms with van der Waals surface area (Å²) in [6.07, 6.45) is 6.20. The Morgan fingerprint density at radius 3 is 2.56 bits per heavy atom. The summed E-state index contributed by atoms with van der Waals surface area (Å²) in [5.41, 5.74) is 0.282. The highest BCUT2D eigenvalue weighted by Gasteiger charge is 2.28. The molecule has 6 nitrogen and oxygen atoms in total. The van der Waals surface area contributed by atoms with Crippen LogP contribution in [0.4, 0.5) is 0 Å². The van der Waals surface area contributed by atoms with Crippen molar-refractivity contribution < 1.29 is 17.9 Å². The minimum atomic E-state index is -3.60. The summed E-state index contributed by atoms with van der Waals surface area (Å²) in [6.45, 7) is 4.84. The van der Waals surface area contributed by atoms with Gasteiger partial charge < -0.3 is 9.64 Å². The Hall–Kier alpha value is -1.70. The van der Waals surface area contributed by atoms with E-state index in [0.29, 0.717) is 44.6 Å². The highest BCUT2D eigenvalue weighted by Crippen LogP contribution is 2.25. The quantitative estimate of drug-likeness (QED) is 0.569. The van der Waals surface area contributed by atoms with Crippen LogP contribution in [0.1, 0.15) is 30.1 Å². The van der Waals surface area contributed by atoms with Crippen molar-refractivity contribution in [1.82, 2.24) is 9.21 Å².